The van der Waals surface area contributed by atoms with Crippen molar-refractivity contribution in [1.82, 2.24) is 10.2 Å². The third-order valence-electron chi connectivity index (χ3n) is 8.03. The first-order valence-electron chi connectivity index (χ1n) is 11.9. The lowest BCUT2D eigenvalue weighted by molar-refractivity contribution is -0.132. The molecule has 3 fully saturated rings. The number of hydrogen-bond acceptors (Lipinski definition) is 3. The lowest BCUT2D eigenvalue weighted by Gasteiger charge is -2.26. The number of nitrogens with one attached hydrogen (secondary N) is 2. The summed E-state index contributed by atoms with van der Waals surface area (Å²) in [4.78, 5) is 29.2. The van der Waals surface area contributed by atoms with E-state index in [1.165, 1.54) is 25.9 Å². The number of rotatable bonds is 8. The lowest BCUT2D eigenvalue weighted by atomic mass is 9.81. The number of allylic oxidation sites excluding steroid dienone is 2. The van der Waals surface area contributed by atoms with Crippen molar-refractivity contribution >= 4 is 45.0 Å². The van der Waals surface area contributed by atoms with Crippen LogP contribution in [-0.2, 0) is 9.59 Å². The summed E-state index contributed by atoms with van der Waals surface area (Å²) in [6.45, 7) is 4.24. The van der Waals surface area contributed by atoms with Gasteiger partial charge in [-0.2, -0.15) is 0 Å². The molecule has 4 atom stereocenters. The van der Waals surface area contributed by atoms with Gasteiger partial charge in [0.1, 0.15) is 0 Å². The Morgan fingerprint density at radius 2 is 1.75 bits per heavy atom. The van der Waals surface area contributed by atoms with E-state index in [0.717, 1.165) is 36.7 Å². The zero-order valence-electron chi connectivity index (χ0n) is 18.3. The first-order chi connectivity index (χ1) is 15.5. The maximum atomic E-state index is 13.4. The maximum Gasteiger partial charge on any atom is 0.228 e. The Balaban J connectivity index is 1.22. The number of halogens is 2. The van der Waals surface area contributed by atoms with Crippen molar-refractivity contribution in [2.75, 3.05) is 31.5 Å². The van der Waals surface area contributed by atoms with E-state index in [9.17, 15) is 9.59 Å². The molecule has 7 heteroatoms. The molecule has 4 aliphatic rings. The van der Waals surface area contributed by atoms with Crippen molar-refractivity contribution in [2.24, 2.45) is 29.1 Å². The zero-order valence-corrected chi connectivity index (χ0v) is 20.6. The van der Waals surface area contributed by atoms with Crippen molar-refractivity contribution in [1.29, 1.82) is 0 Å². The van der Waals surface area contributed by atoms with Crippen LogP contribution in [0.3, 0.4) is 0 Å². The normalized spacial score (nSPS) is 29.6. The van der Waals surface area contributed by atoms with E-state index >= 15 is 0 Å². The zero-order chi connectivity index (χ0) is 22.3. The molecule has 0 aromatic heterocycles. The molecule has 0 radical (unpaired) electrons. The van der Waals surface area contributed by atoms with Gasteiger partial charge in [0.2, 0.25) is 11.8 Å². The number of unbranched alkanes of at least 4 members (excludes halogenated alkanes) is 1. The molecule has 1 heterocycles. The Morgan fingerprint density at radius 3 is 2.41 bits per heavy atom. The van der Waals surface area contributed by atoms with Gasteiger partial charge in [0.15, 0.2) is 0 Å². The summed E-state index contributed by atoms with van der Waals surface area (Å²) in [5, 5.41) is 6.75. The van der Waals surface area contributed by atoms with Gasteiger partial charge in [-0.25, -0.2) is 0 Å². The second kappa shape index (κ2) is 9.11. The lowest BCUT2D eigenvalue weighted by Crippen LogP contribution is -2.42. The van der Waals surface area contributed by atoms with Crippen LogP contribution < -0.4 is 10.6 Å². The SMILES string of the molecule is O=C(NCCCCN1CCCC1)[C@H]1[C@H](C(=O)Nc2ccc(Br)c(Cl)c2)[C@@H]2C=C[C@H]1C21CC1. The second-order valence-electron chi connectivity index (χ2n) is 9.89. The first-order valence-corrected chi connectivity index (χ1v) is 13.1. The van der Waals surface area contributed by atoms with E-state index in [-0.39, 0.29) is 40.9 Å². The minimum Gasteiger partial charge on any atom is -0.356 e. The Labute approximate surface area is 203 Å². The standard InChI is InChI=1S/C25H31BrClN3O2/c26-19-8-5-16(15-20(19)27)29-24(32)22-18-7-6-17(25(18)9-10-25)21(22)23(31)28-11-1-2-12-30-13-3-4-14-30/h5-8,15,17-18,21-22H,1-4,9-14H2,(H,28,31)(H,29,32)/t17-,18+,21-,22-/m1/s1. The molecule has 5 rings (SSSR count). The van der Waals surface area contributed by atoms with Crippen LogP contribution in [0.1, 0.15) is 38.5 Å². The number of carbonyl (C=O) groups excluding carboxylic acids is 2. The number of anilines is 1. The molecule has 3 aliphatic carbocycles. The molecule has 1 saturated heterocycles. The van der Waals surface area contributed by atoms with Crippen LogP contribution in [0.2, 0.25) is 5.02 Å². The summed E-state index contributed by atoms with van der Waals surface area (Å²) in [6.07, 6.45) is 11.3. The quantitative estimate of drug-likeness (QED) is 0.380. The summed E-state index contributed by atoms with van der Waals surface area (Å²) in [5.41, 5.74) is 0.804. The molecule has 1 aromatic rings. The molecule has 1 aromatic carbocycles. The van der Waals surface area contributed by atoms with E-state index in [4.69, 9.17) is 11.6 Å². The van der Waals surface area contributed by atoms with Crippen LogP contribution in [0.4, 0.5) is 5.69 Å². The molecule has 2 saturated carbocycles. The fraction of sp³-hybridized carbons (Fsp3) is 0.600. The van der Waals surface area contributed by atoms with Gasteiger partial charge in [-0.3, -0.25) is 9.59 Å². The second-order valence-corrected chi connectivity index (χ2v) is 11.1. The summed E-state index contributed by atoms with van der Waals surface area (Å²) in [7, 11) is 0. The summed E-state index contributed by atoms with van der Waals surface area (Å²) >= 11 is 9.59. The number of nitrogens with zero attached hydrogens (tertiary/aromatic N) is 1. The van der Waals surface area contributed by atoms with Gasteiger partial charge >= 0.3 is 0 Å². The number of benzene rings is 1. The summed E-state index contributed by atoms with van der Waals surface area (Å²) in [6, 6.07) is 5.40. The van der Waals surface area contributed by atoms with E-state index < -0.39 is 0 Å². The minimum absolute atomic E-state index is 0.0447. The Morgan fingerprint density at radius 1 is 1.06 bits per heavy atom. The van der Waals surface area contributed by atoms with Crippen molar-refractivity contribution in [3.63, 3.8) is 0 Å². The van der Waals surface area contributed by atoms with Gasteiger partial charge in [-0.1, -0.05) is 23.8 Å². The highest BCUT2D eigenvalue weighted by Gasteiger charge is 2.69. The molecule has 0 unspecified atom stereocenters. The fourth-order valence-corrected chi connectivity index (χ4v) is 6.73. The summed E-state index contributed by atoms with van der Waals surface area (Å²) < 4.78 is 0.791. The van der Waals surface area contributed by atoms with Crippen molar-refractivity contribution in [3.05, 3.63) is 39.8 Å². The monoisotopic (exact) mass is 519 g/mol. The predicted molar refractivity (Wildman–Crippen MR) is 130 cm³/mol. The molecular weight excluding hydrogens is 490 g/mol. The fourth-order valence-electron chi connectivity index (χ4n) is 6.31. The van der Waals surface area contributed by atoms with Gasteiger partial charge in [0, 0.05) is 16.7 Å². The maximum absolute atomic E-state index is 13.4. The minimum atomic E-state index is -0.320. The third kappa shape index (κ3) is 4.14. The Kier molecular flexibility index (Phi) is 6.38. The molecule has 32 heavy (non-hydrogen) atoms. The van der Waals surface area contributed by atoms with Crippen molar-refractivity contribution in [2.45, 2.75) is 38.5 Å². The number of hydrogen-bond donors (Lipinski definition) is 2. The Bertz CT molecular complexity index is 926. The topological polar surface area (TPSA) is 61.4 Å². The van der Waals surface area contributed by atoms with Crippen LogP contribution >= 0.6 is 27.5 Å². The van der Waals surface area contributed by atoms with Gasteiger partial charge in [-0.15, -0.1) is 0 Å². The van der Waals surface area contributed by atoms with Gasteiger partial charge < -0.3 is 15.5 Å². The molecular formula is C25H31BrClN3O2. The van der Waals surface area contributed by atoms with E-state index in [1.54, 1.807) is 6.07 Å². The average molecular weight is 521 g/mol. The van der Waals surface area contributed by atoms with Gasteiger partial charge in [0.05, 0.1) is 16.9 Å². The highest BCUT2D eigenvalue weighted by molar-refractivity contribution is 9.10. The summed E-state index contributed by atoms with van der Waals surface area (Å²) in [5.74, 6) is -0.286. The number of likely N-dealkylation sites (tertiary alicyclic amines) is 1. The molecule has 1 spiro atoms. The van der Waals surface area contributed by atoms with Crippen LogP contribution in [-0.4, -0.2) is 42.9 Å². The predicted octanol–water partition coefficient (Wildman–Crippen LogP) is 4.86. The highest BCUT2D eigenvalue weighted by atomic mass is 79.9. The van der Waals surface area contributed by atoms with Crippen molar-refractivity contribution in [3.8, 4) is 0 Å². The molecule has 2 amide bonds. The first kappa shape index (κ1) is 22.4. The highest BCUT2D eigenvalue weighted by Crippen LogP contribution is 2.72. The molecule has 2 bridgehead atoms. The van der Waals surface area contributed by atoms with Crippen LogP contribution in [0.15, 0.2) is 34.8 Å². The molecule has 2 N–H and O–H groups in total. The van der Waals surface area contributed by atoms with E-state index in [2.05, 4.69) is 43.6 Å². The Hall–Kier alpha value is -1.37. The van der Waals surface area contributed by atoms with Gasteiger partial charge in [-0.05, 0) is 110 Å². The van der Waals surface area contributed by atoms with Gasteiger partial charge in [0.25, 0.3) is 0 Å². The molecule has 1 aliphatic heterocycles. The van der Waals surface area contributed by atoms with E-state index in [0.29, 0.717) is 17.3 Å². The average Bonchev–Trinajstić information content (AvgIpc) is 3.13. The van der Waals surface area contributed by atoms with E-state index in [1.807, 2.05) is 12.1 Å². The largest absolute Gasteiger partial charge is 0.356 e. The van der Waals surface area contributed by atoms with Crippen LogP contribution in [0, 0.1) is 29.1 Å². The third-order valence-corrected chi connectivity index (χ3v) is 9.27. The van der Waals surface area contributed by atoms with Crippen LogP contribution in [0.5, 0.6) is 0 Å². The van der Waals surface area contributed by atoms with Crippen LogP contribution in [0.25, 0.3) is 0 Å². The smallest absolute Gasteiger partial charge is 0.228 e. The number of amides is 2. The van der Waals surface area contributed by atoms with Crippen molar-refractivity contribution < 1.29 is 9.59 Å². The molecule has 172 valence electrons. The number of carbonyl (C=O) groups is 2. The molecule has 5 nitrogen and oxygen atoms in total.